The van der Waals surface area contributed by atoms with Gasteiger partial charge in [0.2, 0.25) is 0 Å². The van der Waals surface area contributed by atoms with Gasteiger partial charge in [-0.1, -0.05) is 30.3 Å². The number of primary amides is 1. The Bertz CT molecular complexity index is 595. The standard InChI is InChI=1S/C12H12F2N4O/c13-12(14,8-4-2-1-3-5-8)7-18-6-9(15)10(17-18)11(16)19/h1-6H,7,15H2,(H2,16,19). The first-order valence-electron chi connectivity index (χ1n) is 5.46. The zero-order valence-corrected chi connectivity index (χ0v) is 9.88. The monoisotopic (exact) mass is 266 g/mol. The van der Waals surface area contributed by atoms with Gasteiger partial charge < -0.3 is 11.5 Å². The average Bonchev–Trinajstić information content (AvgIpc) is 2.71. The number of alkyl halides is 2. The molecule has 1 amide bonds. The van der Waals surface area contributed by atoms with Gasteiger partial charge in [0, 0.05) is 11.8 Å². The van der Waals surface area contributed by atoms with E-state index in [0.29, 0.717) is 0 Å². The first-order chi connectivity index (χ1) is 8.90. The number of aromatic nitrogens is 2. The van der Waals surface area contributed by atoms with E-state index in [2.05, 4.69) is 5.10 Å². The topological polar surface area (TPSA) is 86.9 Å². The summed E-state index contributed by atoms with van der Waals surface area (Å²) >= 11 is 0. The molecule has 2 aromatic rings. The Labute approximate surface area is 107 Å². The van der Waals surface area contributed by atoms with Gasteiger partial charge in [0.15, 0.2) is 5.69 Å². The van der Waals surface area contributed by atoms with Crippen LogP contribution in [0.4, 0.5) is 14.5 Å². The lowest BCUT2D eigenvalue weighted by molar-refractivity contribution is -0.0254. The van der Waals surface area contributed by atoms with Crippen molar-refractivity contribution in [3.05, 3.63) is 47.8 Å². The van der Waals surface area contributed by atoms with Crippen LogP contribution in [0.25, 0.3) is 0 Å². The van der Waals surface area contributed by atoms with Crippen LogP contribution in [0.1, 0.15) is 16.1 Å². The number of carbonyl (C=O) groups is 1. The molecule has 0 unspecified atom stereocenters. The van der Waals surface area contributed by atoms with Crippen molar-refractivity contribution >= 4 is 11.6 Å². The van der Waals surface area contributed by atoms with Crippen molar-refractivity contribution < 1.29 is 13.6 Å². The number of anilines is 1. The zero-order chi connectivity index (χ0) is 14.0. The fourth-order valence-electron chi connectivity index (χ4n) is 1.69. The molecule has 0 bridgehead atoms. The number of nitrogens with two attached hydrogens (primary N) is 2. The number of rotatable bonds is 4. The Hall–Kier alpha value is -2.44. The molecule has 1 heterocycles. The van der Waals surface area contributed by atoms with Crippen LogP contribution >= 0.6 is 0 Å². The molecule has 0 fully saturated rings. The number of nitrogen functional groups attached to an aromatic ring is 1. The lowest BCUT2D eigenvalue weighted by Crippen LogP contribution is -2.22. The maximum Gasteiger partial charge on any atom is 0.292 e. The minimum atomic E-state index is -3.12. The number of halogens is 2. The van der Waals surface area contributed by atoms with Gasteiger partial charge in [0.05, 0.1) is 5.69 Å². The molecular weight excluding hydrogens is 254 g/mol. The van der Waals surface area contributed by atoms with Crippen molar-refractivity contribution in [3.8, 4) is 0 Å². The summed E-state index contributed by atoms with van der Waals surface area (Å²) in [6.07, 6.45) is 1.16. The first kappa shape index (κ1) is 13.0. The van der Waals surface area contributed by atoms with Crippen LogP contribution in [-0.4, -0.2) is 15.7 Å². The van der Waals surface area contributed by atoms with E-state index in [1.54, 1.807) is 6.07 Å². The van der Waals surface area contributed by atoms with Crippen LogP contribution in [0.15, 0.2) is 36.5 Å². The molecule has 0 spiro atoms. The smallest absolute Gasteiger partial charge is 0.292 e. The molecule has 0 aliphatic carbocycles. The van der Waals surface area contributed by atoms with E-state index in [0.717, 1.165) is 10.9 Å². The summed E-state index contributed by atoms with van der Waals surface area (Å²) in [6.45, 7) is -0.714. The van der Waals surface area contributed by atoms with Crippen molar-refractivity contribution in [2.75, 3.05) is 5.73 Å². The second kappa shape index (κ2) is 4.68. The minimum absolute atomic E-state index is 0.0173. The van der Waals surface area contributed by atoms with Crippen LogP contribution < -0.4 is 11.5 Å². The lowest BCUT2D eigenvalue weighted by Gasteiger charge is -2.16. The predicted octanol–water partition coefficient (Wildman–Crippen LogP) is 1.36. The highest BCUT2D eigenvalue weighted by molar-refractivity contribution is 5.95. The molecular formula is C12H12F2N4O. The number of carbonyl (C=O) groups excluding carboxylic acids is 1. The van der Waals surface area contributed by atoms with Gasteiger partial charge in [-0.25, -0.2) is 0 Å². The highest BCUT2D eigenvalue weighted by Crippen LogP contribution is 2.29. The Morgan fingerprint density at radius 3 is 2.47 bits per heavy atom. The maximum atomic E-state index is 14.0. The second-order valence-electron chi connectivity index (χ2n) is 4.07. The first-order valence-corrected chi connectivity index (χ1v) is 5.46. The summed E-state index contributed by atoms with van der Waals surface area (Å²) in [5.74, 6) is -3.96. The molecule has 0 aliphatic rings. The third-order valence-electron chi connectivity index (χ3n) is 2.58. The molecule has 2 rings (SSSR count). The third kappa shape index (κ3) is 2.70. The molecule has 7 heteroatoms. The largest absolute Gasteiger partial charge is 0.396 e. The quantitative estimate of drug-likeness (QED) is 0.875. The van der Waals surface area contributed by atoms with Crippen LogP contribution in [-0.2, 0) is 12.5 Å². The number of hydrogen-bond acceptors (Lipinski definition) is 3. The number of hydrogen-bond donors (Lipinski definition) is 2. The van der Waals surface area contributed by atoms with Crippen molar-refractivity contribution in [1.82, 2.24) is 9.78 Å². The predicted molar refractivity (Wildman–Crippen MR) is 65.5 cm³/mol. The van der Waals surface area contributed by atoms with Crippen LogP contribution in [0.5, 0.6) is 0 Å². The zero-order valence-electron chi connectivity index (χ0n) is 9.88. The van der Waals surface area contributed by atoms with Crippen LogP contribution in [0.3, 0.4) is 0 Å². The molecule has 19 heavy (non-hydrogen) atoms. The third-order valence-corrected chi connectivity index (χ3v) is 2.58. The van der Waals surface area contributed by atoms with E-state index in [9.17, 15) is 13.6 Å². The molecule has 0 aliphatic heterocycles. The molecule has 5 nitrogen and oxygen atoms in total. The van der Waals surface area contributed by atoms with E-state index in [4.69, 9.17) is 11.5 Å². The van der Waals surface area contributed by atoms with E-state index in [-0.39, 0.29) is 16.9 Å². The van der Waals surface area contributed by atoms with Gasteiger partial charge in [-0.15, -0.1) is 0 Å². The summed E-state index contributed by atoms with van der Waals surface area (Å²) in [7, 11) is 0. The number of nitrogens with zero attached hydrogens (tertiary/aromatic N) is 2. The normalized spacial score (nSPS) is 11.5. The second-order valence-corrected chi connectivity index (χ2v) is 4.07. The van der Waals surface area contributed by atoms with Crippen molar-refractivity contribution in [2.45, 2.75) is 12.5 Å². The molecule has 4 N–H and O–H groups in total. The van der Waals surface area contributed by atoms with Gasteiger partial charge in [-0.05, 0) is 0 Å². The van der Waals surface area contributed by atoms with Crippen molar-refractivity contribution in [2.24, 2.45) is 5.73 Å². The number of benzene rings is 1. The molecule has 1 aromatic heterocycles. The number of amides is 1. The summed E-state index contributed by atoms with van der Waals surface area (Å²) in [5.41, 5.74) is 10.1. The molecule has 100 valence electrons. The summed E-state index contributed by atoms with van der Waals surface area (Å²) in [6, 6.07) is 7.34. The Morgan fingerprint density at radius 1 is 1.32 bits per heavy atom. The fourth-order valence-corrected chi connectivity index (χ4v) is 1.69. The maximum absolute atomic E-state index is 14.0. The SMILES string of the molecule is NC(=O)c1nn(CC(F)(F)c2ccccc2)cc1N. The molecule has 0 radical (unpaired) electrons. The summed E-state index contributed by atoms with van der Waals surface area (Å²) in [4.78, 5) is 10.9. The molecule has 0 atom stereocenters. The Morgan fingerprint density at radius 2 is 1.95 bits per heavy atom. The minimum Gasteiger partial charge on any atom is -0.396 e. The van der Waals surface area contributed by atoms with Gasteiger partial charge in [0.25, 0.3) is 11.8 Å². The van der Waals surface area contributed by atoms with Crippen molar-refractivity contribution in [3.63, 3.8) is 0 Å². The van der Waals surface area contributed by atoms with Crippen LogP contribution in [0.2, 0.25) is 0 Å². The fraction of sp³-hybridized carbons (Fsp3) is 0.167. The average molecular weight is 266 g/mol. The van der Waals surface area contributed by atoms with Gasteiger partial charge in [-0.2, -0.15) is 13.9 Å². The van der Waals surface area contributed by atoms with Gasteiger partial charge in [-0.3, -0.25) is 9.48 Å². The van der Waals surface area contributed by atoms with E-state index >= 15 is 0 Å². The Balaban J connectivity index is 2.26. The highest BCUT2D eigenvalue weighted by Gasteiger charge is 2.32. The molecule has 0 saturated carbocycles. The van der Waals surface area contributed by atoms with Gasteiger partial charge in [0.1, 0.15) is 6.54 Å². The Kier molecular flexibility index (Phi) is 3.20. The van der Waals surface area contributed by atoms with Crippen LogP contribution in [0, 0.1) is 0 Å². The molecule has 1 aromatic carbocycles. The van der Waals surface area contributed by atoms with Crippen molar-refractivity contribution in [1.29, 1.82) is 0 Å². The summed E-state index contributed by atoms with van der Waals surface area (Å²) < 4.78 is 28.9. The molecule has 0 saturated heterocycles. The van der Waals surface area contributed by atoms with E-state index < -0.39 is 18.4 Å². The highest BCUT2D eigenvalue weighted by atomic mass is 19.3. The van der Waals surface area contributed by atoms with Gasteiger partial charge >= 0.3 is 0 Å². The van der Waals surface area contributed by atoms with E-state index in [1.807, 2.05) is 0 Å². The summed E-state index contributed by atoms with van der Waals surface area (Å²) in [5, 5.41) is 3.66. The lowest BCUT2D eigenvalue weighted by atomic mass is 10.1. The van der Waals surface area contributed by atoms with E-state index in [1.165, 1.54) is 24.3 Å².